The molecule has 1 amide bonds. The second kappa shape index (κ2) is 8.64. The van der Waals surface area contributed by atoms with E-state index in [0.29, 0.717) is 31.1 Å². The van der Waals surface area contributed by atoms with Crippen LogP contribution in [-0.2, 0) is 14.8 Å². The quantitative estimate of drug-likeness (QED) is 0.765. The predicted molar refractivity (Wildman–Crippen MR) is 97.1 cm³/mol. The van der Waals surface area contributed by atoms with Crippen molar-refractivity contribution in [2.24, 2.45) is 5.73 Å². The average molecular weight is 369 g/mol. The summed E-state index contributed by atoms with van der Waals surface area (Å²) < 4.78 is 33.0. The van der Waals surface area contributed by atoms with Gasteiger partial charge in [0.25, 0.3) is 0 Å². The molecule has 0 aromatic heterocycles. The largest absolute Gasteiger partial charge is 0.492 e. The number of nitrogens with two attached hydrogens (primary N) is 1. The molecular weight excluding hydrogens is 342 g/mol. The van der Waals surface area contributed by atoms with Crippen molar-refractivity contribution in [2.75, 3.05) is 25.0 Å². The van der Waals surface area contributed by atoms with Crippen LogP contribution >= 0.6 is 0 Å². The molecule has 1 aliphatic heterocycles. The average Bonchev–Trinajstić information content (AvgIpc) is 2.56. The Morgan fingerprint density at radius 1 is 1.32 bits per heavy atom. The van der Waals surface area contributed by atoms with Gasteiger partial charge in [0.05, 0.1) is 6.61 Å². The number of piperidine rings is 1. The van der Waals surface area contributed by atoms with Crippen LogP contribution in [0.1, 0.15) is 39.5 Å². The summed E-state index contributed by atoms with van der Waals surface area (Å²) in [4.78, 5) is 12.0. The normalized spacial score (nSPS) is 17.1. The van der Waals surface area contributed by atoms with Gasteiger partial charge in [0.15, 0.2) is 0 Å². The van der Waals surface area contributed by atoms with Crippen molar-refractivity contribution in [3.05, 3.63) is 18.2 Å². The molecule has 1 fully saturated rings. The van der Waals surface area contributed by atoms with Crippen molar-refractivity contribution in [2.45, 2.75) is 50.5 Å². The number of hydrogen-bond acceptors (Lipinski definition) is 5. The molecule has 3 N–H and O–H groups in total. The molecule has 1 aliphatic rings. The van der Waals surface area contributed by atoms with Gasteiger partial charge in [-0.05, 0) is 44.9 Å². The third-order valence-corrected chi connectivity index (χ3v) is 5.89. The van der Waals surface area contributed by atoms with Crippen LogP contribution in [0.15, 0.2) is 23.1 Å². The Balaban J connectivity index is 2.32. The summed E-state index contributed by atoms with van der Waals surface area (Å²) in [6.45, 7) is 4.92. The lowest BCUT2D eigenvalue weighted by Gasteiger charge is -2.27. The number of carbonyl (C=O) groups is 1. The van der Waals surface area contributed by atoms with Crippen molar-refractivity contribution < 1.29 is 17.9 Å². The van der Waals surface area contributed by atoms with Crippen molar-refractivity contribution in [3.8, 4) is 5.75 Å². The molecule has 7 nitrogen and oxygen atoms in total. The number of ether oxygens (including phenoxy) is 1. The van der Waals surface area contributed by atoms with Crippen LogP contribution in [0.5, 0.6) is 5.75 Å². The molecule has 1 aromatic rings. The fraction of sp³-hybridized carbons (Fsp3) is 0.588. The van der Waals surface area contributed by atoms with Gasteiger partial charge in [-0.25, -0.2) is 8.42 Å². The highest BCUT2D eigenvalue weighted by molar-refractivity contribution is 7.89. The smallest absolute Gasteiger partial charge is 0.246 e. The van der Waals surface area contributed by atoms with Gasteiger partial charge in [-0.1, -0.05) is 6.42 Å². The van der Waals surface area contributed by atoms with E-state index < -0.39 is 10.0 Å². The fourth-order valence-electron chi connectivity index (χ4n) is 2.81. The van der Waals surface area contributed by atoms with E-state index in [2.05, 4.69) is 5.32 Å². The second-order valence-corrected chi connectivity index (χ2v) is 8.20. The minimum atomic E-state index is -3.66. The molecule has 8 heteroatoms. The fourth-order valence-corrected chi connectivity index (χ4v) is 4.49. The number of amides is 1. The van der Waals surface area contributed by atoms with Crippen LogP contribution in [0.2, 0.25) is 0 Å². The highest BCUT2D eigenvalue weighted by atomic mass is 32.2. The molecule has 1 atom stereocenters. The molecule has 0 bridgehead atoms. The summed E-state index contributed by atoms with van der Waals surface area (Å²) >= 11 is 0. The highest BCUT2D eigenvalue weighted by Crippen LogP contribution is 2.31. The van der Waals surface area contributed by atoms with E-state index >= 15 is 0 Å². The van der Waals surface area contributed by atoms with Crippen molar-refractivity contribution in [1.82, 2.24) is 4.31 Å². The standard InChI is InChI=1S/C17H27N3O4S/c1-3-24-15-8-7-14(19-17(21)11-13(2)18)12-16(15)25(22,23)20-9-5-4-6-10-20/h7-8,12-13H,3-6,9-11,18H2,1-2H3,(H,19,21). The SMILES string of the molecule is CCOc1ccc(NC(=O)CC(C)N)cc1S(=O)(=O)N1CCCCC1. The van der Waals surface area contributed by atoms with E-state index in [4.69, 9.17) is 10.5 Å². The van der Waals surface area contributed by atoms with Crippen molar-refractivity contribution in [3.63, 3.8) is 0 Å². The first-order valence-electron chi connectivity index (χ1n) is 8.67. The second-order valence-electron chi connectivity index (χ2n) is 6.29. The van der Waals surface area contributed by atoms with E-state index in [1.54, 1.807) is 26.0 Å². The maximum absolute atomic E-state index is 13.0. The lowest BCUT2D eigenvalue weighted by molar-refractivity contribution is -0.116. The summed E-state index contributed by atoms with van der Waals surface area (Å²) in [5.41, 5.74) is 6.04. The van der Waals surface area contributed by atoms with Gasteiger partial charge in [-0.3, -0.25) is 4.79 Å². The number of benzene rings is 1. The molecule has 1 saturated heterocycles. The highest BCUT2D eigenvalue weighted by Gasteiger charge is 2.29. The number of nitrogens with one attached hydrogen (secondary N) is 1. The number of rotatable bonds is 7. The monoisotopic (exact) mass is 369 g/mol. The van der Waals surface area contributed by atoms with Crippen LogP contribution in [-0.4, -0.2) is 44.4 Å². The zero-order valence-electron chi connectivity index (χ0n) is 14.8. The summed E-state index contributed by atoms with van der Waals surface area (Å²) in [6.07, 6.45) is 2.92. The molecule has 1 unspecified atom stereocenters. The number of anilines is 1. The van der Waals surface area contributed by atoms with Crippen LogP contribution in [0, 0.1) is 0 Å². The van der Waals surface area contributed by atoms with E-state index in [-0.39, 0.29) is 23.3 Å². The summed E-state index contributed by atoms with van der Waals surface area (Å²) in [6, 6.07) is 4.43. The molecule has 2 rings (SSSR count). The van der Waals surface area contributed by atoms with E-state index in [0.717, 1.165) is 19.3 Å². The Kier molecular flexibility index (Phi) is 6.80. The van der Waals surface area contributed by atoms with Gasteiger partial charge in [0.1, 0.15) is 10.6 Å². The summed E-state index contributed by atoms with van der Waals surface area (Å²) in [5, 5.41) is 2.70. The van der Waals surface area contributed by atoms with Crippen LogP contribution in [0.3, 0.4) is 0 Å². The molecule has 0 radical (unpaired) electrons. The predicted octanol–water partition coefficient (Wildman–Crippen LogP) is 1.94. The Morgan fingerprint density at radius 3 is 2.60 bits per heavy atom. The molecule has 140 valence electrons. The third kappa shape index (κ3) is 5.17. The topological polar surface area (TPSA) is 102 Å². The summed E-state index contributed by atoms with van der Waals surface area (Å²) in [5.74, 6) is 0.0544. The van der Waals surface area contributed by atoms with Crippen molar-refractivity contribution >= 4 is 21.6 Å². The number of sulfonamides is 1. The molecule has 0 aliphatic carbocycles. The zero-order valence-corrected chi connectivity index (χ0v) is 15.6. The van der Waals surface area contributed by atoms with Crippen LogP contribution < -0.4 is 15.8 Å². The van der Waals surface area contributed by atoms with Gasteiger partial charge in [-0.15, -0.1) is 0 Å². The molecule has 25 heavy (non-hydrogen) atoms. The van der Waals surface area contributed by atoms with Crippen LogP contribution in [0.25, 0.3) is 0 Å². The Morgan fingerprint density at radius 2 is 2.00 bits per heavy atom. The van der Waals surface area contributed by atoms with E-state index in [9.17, 15) is 13.2 Å². The maximum atomic E-state index is 13.0. The first-order chi connectivity index (χ1) is 11.8. The molecule has 1 heterocycles. The maximum Gasteiger partial charge on any atom is 0.246 e. The Bertz CT molecular complexity index is 698. The van der Waals surface area contributed by atoms with Gasteiger partial charge < -0.3 is 15.8 Å². The summed E-state index contributed by atoms with van der Waals surface area (Å²) in [7, 11) is -3.66. The molecule has 0 spiro atoms. The van der Waals surface area contributed by atoms with Gasteiger partial charge >= 0.3 is 0 Å². The minimum Gasteiger partial charge on any atom is -0.492 e. The third-order valence-electron chi connectivity index (χ3n) is 3.97. The zero-order chi connectivity index (χ0) is 18.4. The van der Waals surface area contributed by atoms with Crippen molar-refractivity contribution in [1.29, 1.82) is 0 Å². The van der Waals surface area contributed by atoms with Gasteiger partial charge in [0, 0.05) is 31.2 Å². The molecule has 1 aromatic carbocycles. The lowest BCUT2D eigenvalue weighted by Crippen LogP contribution is -2.35. The number of carbonyl (C=O) groups excluding carboxylic acids is 1. The molecule has 0 saturated carbocycles. The van der Waals surface area contributed by atoms with E-state index in [1.807, 2.05) is 0 Å². The number of nitrogens with zero attached hydrogens (tertiary/aromatic N) is 1. The van der Waals surface area contributed by atoms with Crippen LogP contribution in [0.4, 0.5) is 5.69 Å². The first kappa shape index (κ1) is 19.7. The number of hydrogen-bond donors (Lipinski definition) is 2. The minimum absolute atomic E-state index is 0.0925. The molecular formula is C17H27N3O4S. The Labute approximate surface area is 149 Å². The van der Waals surface area contributed by atoms with E-state index in [1.165, 1.54) is 10.4 Å². The van der Waals surface area contributed by atoms with Gasteiger partial charge in [-0.2, -0.15) is 4.31 Å². The van der Waals surface area contributed by atoms with Gasteiger partial charge in [0.2, 0.25) is 15.9 Å². The Hall–Kier alpha value is -1.64. The first-order valence-corrected chi connectivity index (χ1v) is 10.1. The lowest BCUT2D eigenvalue weighted by atomic mass is 10.2.